The smallest absolute Gasteiger partial charge is 0.335 e. The monoisotopic (exact) mass is 468 g/mol. The molecular weight excluding hydrogens is 450 g/mol. The van der Waals surface area contributed by atoms with Gasteiger partial charge in [0.15, 0.2) is 5.82 Å². The molecule has 0 aliphatic carbocycles. The zero-order chi connectivity index (χ0) is 23.5. The van der Waals surface area contributed by atoms with Crippen molar-refractivity contribution in [1.29, 1.82) is 0 Å². The van der Waals surface area contributed by atoms with Crippen LogP contribution in [0.15, 0.2) is 54.7 Å². The molecule has 168 valence electrons. The fourth-order valence-electron chi connectivity index (χ4n) is 4.43. The molecule has 4 aromatic rings. The number of carboxylic acid groups (broad SMARTS) is 1. The Balaban J connectivity index is 1.76. The number of hydrogen-bond acceptors (Lipinski definition) is 4. The van der Waals surface area contributed by atoms with Gasteiger partial charge in [-0.1, -0.05) is 11.6 Å². The normalized spacial score (nSPS) is 15.1. The van der Waals surface area contributed by atoms with Crippen LogP contribution in [0.3, 0.4) is 0 Å². The van der Waals surface area contributed by atoms with Crippen LogP contribution < -0.4 is 9.80 Å². The summed E-state index contributed by atoms with van der Waals surface area (Å²) in [5.41, 5.74) is 1.95. The molecule has 2 N–H and O–H groups in total. The number of nitrogens with one attached hydrogen (secondary N) is 1. The topological polar surface area (TPSA) is 72.5 Å². The number of carbonyl (C=O) groups is 1. The van der Waals surface area contributed by atoms with Crippen LogP contribution in [0.5, 0.6) is 0 Å². The van der Waals surface area contributed by atoms with Crippen molar-refractivity contribution in [2.45, 2.75) is 19.4 Å². The van der Waals surface area contributed by atoms with Crippen LogP contribution in [0.1, 0.15) is 24.2 Å². The van der Waals surface area contributed by atoms with Crippen molar-refractivity contribution < 1.29 is 18.7 Å². The van der Waals surface area contributed by atoms with E-state index in [-0.39, 0.29) is 16.1 Å². The van der Waals surface area contributed by atoms with Crippen LogP contribution in [0.2, 0.25) is 5.02 Å². The largest absolute Gasteiger partial charge is 0.478 e. The maximum absolute atomic E-state index is 15.9. The minimum Gasteiger partial charge on any atom is -0.478 e. The third-order valence-electron chi connectivity index (χ3n) is 5.88. The molecule has 1 aliphatic rings. The Bertz CT molecular complexity index is 1400. The first-order valence-corrected chi connectivity index (χ1v) is 10.6. The number of nitrogens with zero attached hydrogens (tertiary/aromatic N) is 3. The van der Waals surface area contributed by atoms with Gasteiger partial charge in [-0.2, -0.15) is 5.10 Å². The first kappa shape index (κ1) is 21.2. The van der Waals surface area contributed by atoms with Crippen LogP contribution in [0.4, 0.5) is 31.5 Å². The minimum atomic E-state index is -1.04. The molecule has 0 radical (unpaired) electrons. The molecule has 1 aliphatic heterocycles. The fraction of sp³-hybridized carbons (Fsp3) is 0.167. The lowest BCUT2D eigenvalue weighted by molar-refractivity contribution is 0.0697. The average molecular weight is 469 g/mol. The molecule has 2 heterocycles. The number of aromatic nitrogens is 2. The van der Waals surface area contributed by atoms with Crippen molar-refractivity contribution in [2.75, 3.05) is 16.3 Å². The summed E-state index contributed by atoms with van der Waals surface area (Å²) >= 11 is 6.08. The van der Waals surface area contributed by atoms with Gasteiger partial charge in [0.25, 0.3) is 0 Å². The zero-order valence-corrected chi connectivity index (χ0v) is 18.5. The highest BCUT2D eigenvalue weighted by Gasteiger charge is 2.41. The highest BCUT2D eigenvalue weighted by atomic mass is 35.5. The van der Waals surface area contributed by atoms with E-state index in [1.54, 1.807) is 24.4 Å². The van der Waals surface area contributed by atoms with Gasteiger partial charge < -0.3 is 14.9 Å². The maximum atomic E-state index is 15.9. The summed E-state index contributed by atoms with van der Waals surface area (Å²) in [6.07, 6.45) is 1.54. The van der Waals surface area contributed by atoms with E-state index in [1.807, 2.05) is 29.7 Å². The second-order valence-electron chi connectivity index (χ2n) is 8.58. The Kier molecular flexibility index (Phi) is 4.79. The standard InChI is InChI=1S/C24H19ClF2N4O2/c1-24(2)12-30(15-5-3-13(4-6-15)23(32)33)22-19(9-14-11-28-29-21(14)20(22)27)31(24)16-7-8-18(26)17(25)10-16/h3-11H,12H2,1-2H3,(H,28,29)(H,32,33). The van der Waals surface area contributed by atoms with Crippen LogP contribution >= 0.6 is 11.6 Å². The van der Waals surface area contributed by atoms with Crippen LogP contribution in [0.25, 0.3) is 10.9 Å². The number of carboxylic acids is 1. The van der Waals surface area contributed by atoms with Gasteiger partial charge in [-0.05, 0) is 62.4 Å². The summed E-state index contributed by atoms with van der Waals surface area (Å²) in [4.78, 5) is 15.0. The van der Waals surface area contributed by atoms with E-state index in [4.69, 9.17) is 11.6 Å². The maximum Gasteiger partial charge on any atom is 0.335 e. The molecule has 1 aromatic heterocycles. The molecular formula is C24H19ClF2N4O2. The van der Waals surface area contributed by atoms with Gasteiger partial charge in [0.1, 0.15) is 17.0 Å². The number of H-pyrrole nitrogens is 1. The summed E-state index contributed by atoms with van der Waals surface area (Å²) in [6.45, 7) is 4.34. The Hall–Kier alpha value is -3.65. The molecule has 33 heavy (non-hydrogen) atoms. The van der Waals surface area contributed by atoms with E-state index in [1.165, 1.54) is 24.3 Å². The second-order valence-corrected chi connectivity index (χ2v) is 8.98. The molecule has 9 heteroatoms. The molecule has 0 saturated heterocycles. The van der Waals surface area contributed by atoms with Gasteiger partial charge in [-0.25, -0.2) is 13.6 Å². The van der Waals surface area contributed by atoms with E-state index >= 15 is 4.39 Å². The molecule has 3 aromatic carbocycles. The Morgan fingerprint density at radius 2 is 1.82 bits per heavy atom. The highest BCUT2D eigenvalue weighted by molar-refractivity contribution is 6.31. The van der Waals surface area contributed by atoms with Crippen LogP contribution in [-0.2, 0) is 0 Å². The Labute approximate surface area is 193 Å². The van der Waals surface area contributed by atoms with Crippen molar-refractivity contribution in [3.8, 4) is 0 Å². The first-order chi connectivity index (χ1) is 15.7. The lowest BCUT2D eigenvalue weighted by Crippen LogP contribution is -2.53. The van der Waals surface area contributed by atoms with E-state index in [9.17, 15) is 14.3 Å². The summed E-state index contributed by atoms with van der Waals surface area (Å²) in [5.74, 6) is -2.06. The molecule has 0 saturated carbocycles. The third kappa shape index (κ3) is 3.38. The number of aromatic carboxylic acids is 1. The summed E-state index contributed by atoms with van der Waals surface area (Å²) < 4.78 is 29.8. The number of anilines is 4. The highest BCUT2D eigenvalue weighted by Crippen LogP contribution is 2.50. The van der Waals surface area contributed by atoms with Crippen LogP contribution in [0, 0.1) is 11.6 Å². The zero-order valence-electron chi connectivity index (χ0n) is 17.7. The van der Waals surface area contributed by atoms with Crippen molar-refractivity contribution in [2.24, 2.45) is 0 Å². The van der Waals surface area contributed by atoms with E-state index < -0.39 is 23.1 Å². The molecule has 0 amide bonds. The van der Waals surface area contributed by atoms with Crippen molar-refractivity contribution in [3.05, 3.63) is 76.9 Å². The third-order valence-corrected chi connectivity index (χ3v) is 6.17. The lowest BCUT2D eigenvalue weighted by Gasteiger charge is -2.50. The summed E-state index contributed by atoms with van der Waals surface area (Å²) in [7, 11) is 0. The van der Waals surface area contributed by atoms with Gasteiger partial charge in [0.05, 0.1) is 28.0 Å². The van der Waals surface area contributed by atoms with Gasteiger partial charge in [-0.3, -0.25) is 5.10 Å². The first-order valence-electron chi connectivity index (χ1n) is 10.2. The van der Waals surface area contributed by atoms with E-state index in [2.05, 4.69) is 10.2 Å². The fourth-order valence-corrected chi connectivity index (χ4v) is 4.61. The lowest BCUT2D eigenvalue weighted by atomic mass is 9.93. The number of aromatic amines is 1. The Morgan fingerprint density at radius 3 is 2.48 bits per heavy atom. The number of benzene rings is 3. The molecule has 0 atom stereocenters. The predicted molar refractivity (Wildman–Crippen MR) is 124 cm³/mol. The number of fused-ring (bicyclic) bond motifs is 2. The number of rotatable bonds is 3. The van der Waals surface area contributed by atoms with Gasteiger partial charge in [0.2, 0.25) is 0 Å². The van der Waals surface area contributed by atoms with Gasteiger partial charge in [0, 0.05) is 23.3 Å². The van der Waals surface area contributed by atoms with Gasteiger partial charge >= 0.3 is 5.97 Å². The molecule has 0 fully saturated rings. The minimum absolute atomic E-state index is 0.0265. The summed E-state index contributed by atoms with van der Waals surface area (Å²) in [6, 6.07) is 12.5. The second kappa shape index (κ2) is 7.45. The quantitative estimate of drug-likeness (QED) is 0.371. The summed E-state index contributed by atoms with van der Waals surface area (Å²) in [5, 5.41) is 16.5. The molecule has 6 nitrogen and oxygen atoms in total. The van der Waals surface area contributed by atoms with Crippen molar-refractivity contribution >= 4 is 51.2 Å². The van der Waals surface area contributed by atoms with Crippen molar-refractivity contribution in [3.63, 3.8) is 0 Å². The van der Waals surface area contributed by atoms with Crippen molar-refractivity contribution in [1.82, 2.24) is 10.2 Å². The number of hydrogen-bond donors (Lipinski definition) is 2. The molecule has 0 bridgehead atoms. The SMILES string of the molecule is CC1(C)CN(c2ccc(C(=O)O)cc2)c2c(cc3cn[nH]c3c2F)N1c1ccc(F)c(Cl)c1. The molecule has 5 rings (SSSR count). The number of halogens is 3. The van der Waals surface area contributed by atoms with E-state index in [0.29, 0.717) is 34.7 Å². The molecule has 0 unspecified atom stereocenters. The Morgan fingerprint density at radius 1 is 1.12 bits per heavy atom. The molecule has 0 spiro atoms. The average Bonchev–Trinajstić information content (AvgIpc) is 3.24. The van der Waals surface area contributed by atoms with Gasteiger partial charge in [-0.15, -0.1) is 0 Å². The van der Waals surface area contributed by atoms with Crippen LogP contribution in [-0.4, -0.2) is 33.4 Å². The predicted octanol–water partition coefficient (Wildman–Crippen LogP) is 6.26. The van der Waals surface area contributed by atoms with E-state index in [0.717, 1.165) is 0 Å².